The second-order valence-electron chi connectivity index (χ2n) is 14.1. The third-order valence-electron chi connectivity index (χ3n) is 10.8. The summed E-state index contributed by atoms with van der Waals surface area (Å²) in [6.45, 7) is 5.54. The van der Waals surface area contributed by atoms with Crippen LogP contribution < -0.4 is 15.2 Å². The first-order chi connectivity index (χ1) is 24.0. The number of pyridine rings is 1. The van der Waals surface area contributed by atoms with Crippen molar-refractivity contribution in [3.8, 4) is 11.4 Å². The molecule has 0 unspecified atom stereocenters. The summed E-state index contributed by atoms with van der Waals surface area (Å²) in [6.07, 6.45) is 1.30. The van der Waals surface area contributed by atoms with Crippen molar-refractivity contribution >= 4 is 25.9 Å². The highest BCUT2D eigenvalue weighted by molar-refractivity contribution is 6.72. The lowest BCUT2D eigenvalue weighted by molar-refractivity contribution is -0.151. The maximum absolute atomic E-state index is 16.4. The highest BCUT2D eigenvalue weighted by Gasteiger charge is 2.67. The number of benzene rings is 3. The van der Waals surface area contributed by atoms with Gasteiger partial charge in [-0.1, -0.05) is 61.5 Å². The molecule has 4 heterocycles. The van der Waals surface area contributed by atoms with Gasteiger partial charge < -0.3 is 28.5 Å². The minimum Gasteiger partial charge on any atom is -0.491 e. The van der Waals surface area contributed by atoms with E-state index in [-0.39, 0.29) is 42.7 Å². The third kappa shape index (κ3) is 5.57. The maximum atomic E-state index is 16.4. The first kappa shape index (κ1) is 33.9. The van der Waals surface area contributed by atoms with Gasteiger partial charge in [-0.3, -0.25) is 19.0 Å². The van der Waals surface area contributed by atoms with E-state index in [0.29, 0.717) is 29.9 Å². The highest BCUT2D eigenvalue weighted by atomic mass is 28.4. The number of fused-ring (bicyclic) bond motifs is 3. The SMILES string of the molecule is COc1cccn(-c2ccc(CN3C(=O)[C@]4(O[C@H](CC(=O)N5Cc6ccccc6C[C@H]5CO)[C@@H]([Si](C)(C)F)[C@@H]4C)c4ccccc43)cc2)c1=O. The van der Waals surface area contributed by atoms with Crippen LogP contribution in [0.2, 0.25) is 18.6 Å². The van der Waals surface area contributed by atoms with E-state index in [9.17, 15) is 19.5 Å². The van der Waals surface area contributed by atoms with Crippen LogP contribution in [0.15, 0.2) is 95.9 Å². The summed E-state index contributed by atoms with van der Waals surface area (Å²) in [6, 6.07) is 25.7. The van der Waals surface area contributed by atoms with Gasteiger partial charge in [-0.05, 0) is 66.5 Å². The predicted octanol–water partition coefficient (Wildman–Crippen LogP) is 5.50. The molecule has 0 saturated carbocycles. The van der Waals surface area contributed by atoms with E-state index in [4.69, 9.17) is 9.47 Å². The van der Waals surface area contributed by atoms with Crippen LogP contribution in [-0.2, 0) is 39.4 Å². The van der Waals surface area contributed by atoms with Gasteiger partial charge in [-0.25, -0.2) is 0 Å². The normalized spacial score (nSPS) is 24.4. The lowest BCUT2D eigenvalue weighted by Crippen LogP contribution is -2.48. The van der Waals surface area contributed by atoms with Crippen molar-refractivity contribution in [3.63, 3.8) is 0 Å². The van der Waals surface area contributed by atoms with Crippen LogP contribution in [0, 0.1) is 5.92 Å². The average Bonchev–Trinajstić information content (AvgIpc) is 3.54. The van der Waals surface area contributed by atoms with Gasteiger partial charge in [0.25, 0.3) is 11.5 Å². The molecule has 4 aromatic rings. The van der Waals surface area contributed by atoms with Crippen molar-refractivity contribution < 1.29 is 28.3 Å². The van der Waals surface area contributed by atoms with E-state index in [1.54, 1.807) is 41.2 Å². The zero-order valence-corrected chi connectivity index (χ0v) is 29.7. The van der Waals surface area contributed by atoms with Crippen LogP contribution >= 0.6 is 0 Å². The van der Waals surface area contributed by atoms with Crippen molar-refractivity contribution in [3.05, 3.63) is 124 Å². The molecule has 3 aliphatic rings. The number of halogens is 1. The van der Waals surface area contributed by atoms with Gasteiger partial charge in [0, 0.05) is 35.5 Å². The molecule has 50 heavy (non-hydrogen) atoms. The van der Waals surface area contributed by atoms with Crippen LogP contribution in [-0.4, -0.2) is 60.7 Å². The average molecular weight is 696 g/mol. The minimum atomic E-state index is -3.49. The van der Waals surface area contributed by atoms with Crippen molar-refractivity contribution in [2.45, 2.75) is 69.2 Å². The summed E-state index contributed by atoms with van der Waals surface area (Å²) in [5.74, 6) is -0.803. The summed E-state index contributed by atoms with van der Waals surface area (Å²) < 4.78 is 29.9. The number of aliphatic hydroxyl groups is 1. The van der Waals surface area contributed by atoms with Gasteiger partial charge in [0.2, 0.25) is 14.3 Å². The number of aromatic nitrogens is 1. The fourth-order valence-electron chi connectivity index (χ4n) is 8.47. The Morgan fingerprint density at radius 1 is 1.00 bits per heavy atom. The number of ether oxygens (including phenoxy) is 2. The third-order valence-corrected chi connectivity index (χ3v) is 13.3. The largest absolute Gasteiger partial charge is 0.491 e. The predicted molar refractivity (Wildman–Crippen MR) is 190 cm³/mol. The highest BCUT2D eigenvalue weighted by Crippen LogP contribution is 2.60. The Labute approximate surface area is 292 Å². The summed E-state index contributed by atoms with van der Waals surface area (Å²) in [4.78, 5) is 45.0. The van der Waals surface area contributed by atoms with Crippen LogP contribution in [0.4, 0.5) is 9.80 Å². The zero-order valence-electron chi connectivity index (χ0n) is 28.7. The van der Waals surface area contributed by atoms with Gasteiger partial charge in [0.05, 0.1) is 44.5 Å². The second kappa shape index (κ2) is 12.9. The van der Waals surface area contributed by atoms with Crippen LogP contribution in [0.1, 0.15) is 35.6 Å². The Kier molecular flexibility index (Phi) is 8.78. The maximum Gasteiger partial charge on any atom is 0.297 e. The van der Waals surface area contributed by atoms with Gasteiger partial charge in [0.1, 0.15) is 0 Å². The zero-order chi connectivity index (χ0) is 35.4. The van der Waals surface area contributed by atoms with Crippen molar-refractivity contribution in [2.75, 3.05) is 18.6 Å². The number of carbonyl (C=O) groups is 2. The first-order valence-corrected chi connectivity index (χ1v) is 20.0. The van der Waals surface area contributed by atoms with Gasteiger partial charge in [0.15, 0.2) is 11.4 Å². The molecule has 1 spiro atoms. The number of aliphatic hydroxyl groups excluding tert-OH is 1. The monoisotopic (exact) mass is 695 g/mol. The summed E-state index contributed by atoms with van der Waals surface area (Å²) in [5, 5.41) is 10.2. The van der Waals surface area contributed by atoms with Gasteiger partial charge in [-0.15, -0.1) is 0 Å². The number of anilines is 1. The van der Waals surface area contributed by atoms with E-state index in [2.05, 4.69) is 0 Å². The lowest BCUT2D eigenvalue weighted by Gasteiger charge is -2.37. The molecule has 11 heteroatoms. The topological polar surface area (TPSA) is 101 Å². The van der Waals surface area contributed by atoms with Gasteiger partial charge in [-0.2, -0.15) is 0 Å². The molecule has 3 aliphatic heterocycles. The smallest absolute Gasteiger partial charge is 0.297 e. The van der Waals surface area contributed by atoms with E-state index in [1.165, 1.54) is 11.7 Å². The van der Waals surface area contributed by atoms with Crippen LogP contribution in [0.3, 0.4) is 0 Å². The molecular formula is C39H42FN3O6Si. The van der Waals surface area contributed by atoms with Gasteiger partial charge >= 0.3 is 0 Å². The quantitative estimate of drug-likeness (QED) is 0.193. The minimum absolute atomic E-state index is 0.0870. The molecule has 9 nitrogen and oxygen atoms in total. The Morgan fingerprint density at radius 3 is 2.40 bits per heavy atom. The molecule has 0 radical (unpaired) electrons. The molecule has 260 valence electrons. The molecular weight excluding hydrogens is 654 g/mol. The number of hydrogen-bond donors (Lipinski definition) is 1. The number of amides is 2. The van der Waals surface area contributed by atoms with Crippen LogP contribution in [0.25, 0.3) is 5.69 Å². The summed E-state index contributed by atoms with van der Waals surface area (Å²) in [7, 11) is -2.04. The van der Waals surface area contributed by atoms with E-state index in [0.717, 1.165) is 16.7 Å². The number of methoxy groups -OCH3 is 1. The molecule has 3 aromatic carbocycles. The lowest BCUT2D eigenvalue weighted by atomic mass is 9.82. The number of nitrogens with zero attached hydrogens (tertiary/aromatic N) is 3. The molecule has 1 N–H and O–H groups in total. The van der Waals surface area contributed by atoms with Crippen molar-refractivity contribution in [2.24, 2.45) is 5.92 Å². The first-order valence-electron chi connectivity index (χ1n) is 17.1. The molecule has 0 aliphatic carbocycles. The number of hydrogen-bond acceptors (Lipinski definition) is 6. The number of rotatable bonds is 8. The molecule has 0 bridgehead atoms. The number of carbonyl (C=O) groups excluding carboxylic acids is 2. The second-order valence-corrected chi connectivity index (χ2v) is 17.9. The molecule has 2 amide bonds. The Hall–Kier alpha value is -4.58. The van der Waals surface area contributed by atoms with Crippen LogP contribution in [0.5, 0.6) is 5.75 Å². The molecule has 7 rings (SSSR count). The fourth-order valence-corrected chi connectivity index (χ4v) is 11.0. The van der Waals surface area contributed by atoms with E-state index in [1.807, 2.05) is 79.7 Å². The standard InChI is InChI=1S/C39H42FN3O6Si/c1-25-36(50(3,4)40)34(21-35(45)42-23-28-11-6-5-10-27(28)20-30(42)24-44)49-39(25)31-12-7-8-13-32(31)43(38(39)47)22-26-15-17-29(18-16-26)41-19-9-14-33(48-2)37(41)46/h5-19,25,30,34,36,44H,20-24H2,1-4H3/t25-,30-,34+,36-,39+/m0/s1. The summed E-state index contributed by atoms with van der Waals surface area (Å²) >= 11 is 0. The summed E-state index contributed by atoms with van der Waals surface area (Å²) in [5.41, 5.74) is 2.62. The van der Waals surface area contributed by atoms with E-state index >= 15 is 4.11 Å². The molecule has 1 saturated heterocycles. The number of para-hydroxylation sites is 1. The molecule has 5 atom stereocenters. The Morgan fingerprint density at radius 2 is 1.70 bits per heavy atom. The molecule has 1 aromatic heterocycles. The fraction of sp³-hybridized carbons (Fsp3) is 0.359. The molecule has 1 fully saturated rings. The van der Waals surface area contributed by atoms with Crippen molar-refractivity contribution in [1.82, 2.24) is 9.47 Å². The van der Waals surface area contributed by atoms with Crippen molar-refractivity contribution in [1.29, 1.82) is 0 Å². The Bertz CT molecular complexity index is 1990. The Balaban J connectivity index is 1.18. The van der Waals surface area contributed by atoms with E-state index < -0.39 is 37.6 Å².